The molecule has 0 aromatic heterocycles. The number of hydrogen-bond donors (Lipinski definition) is 1. The van der Waals surface area contributed by atoms with E-state index >= 15 is 0 Å². The fourth-order valence-electron chi connectivity index (χ4n) is 3.47. The van der Waals surface area contributed by atoms with Crippen LogP contribution in [-0.2, 0) is 13.0 Å². The van der Waals surface area contributed by atoms with Crippen molar-refractivity contribution < 1.29 is 0 Å². The normalized spacial score (nSPS) is 16.0. The number of hydrogen-bond acceptors (Lipinski definition) is 2. The summed E-state index contributed by atoms with van der Waals surface area (Å²) in [5.74, 6) is 0. The van der Waals surface area contributed by atoms with E-state index < -0.39 is 0 Å². The van der Waals surface area contributed by atoms with Gasteiger partial charge in [-0.15, -0.1) is 0 Å². The zero-order valence-electron chi connectivity index (χ0n) is 13.9. The van der Waals surface area contributed by atoms with Crippen molar-refractivity contribution in [3.8, 4) is 0 Å². The average Bonchev–Trinajstić information content (AvgIpc) is 3.04. The van der Waals surface area contributed by atoms with Gasteiger partial charge >= 0.3 is 0 Å². The second-order valence-electron chi connectivity index (χ2n) is 6.27. The number of rotatable bonds is 9. The highest BCUT2D eigenvalue weighted by atomic mass is 15.1. The average molecular weight is 288 g/mol. The minimum atomic E-state index is 0.821. The number of benzene rings is 1. The highest BCUT2D eigenvalue weighted by molar-refractivity contribution is 5.27. The van der Waals surface area contributed by atoms with E-state index in [0.717, 1.165) is 32.1 Å². The van der Waals surface area contributed by atoms with Crippen molar-refractivity contribution in [3.05, 3.63) is 35.4 Å². The first kappa shape index (κ1) is 16.5. The first-order chi connectivity index (χ1) is 10.3. The van der Waals surface area contributed by atoms with E-state index in [4.69, 9.17) is 0 Å². The highest BCUT2D eigenvalue weighted by Crippen LogP contribution is 2.25. The van der Waals surface area contributed by atoms with Gasteiger partial charge in [-0.1, -0.05) is 51.0 Å². The molecule has 0 heterocycles. The third-order valence-corrected chi connectivity index (χ3v) is 4.74. The molecule has 1 fully saturated rings. The second kappa shape index (κ2) is 9.22. The van der Waals surface area contributed by atoms with Crippen LogP contribution in [0.5, 0.6) is 0 Å². The molecular formula is C19H32N2. The van der Waals surface area contributed by atoms with E-state index in [1.165, 1.54) is 49.8 Å². The predicted molar refractivity (Wildman–Crippen MR) is 91.6 cm³/mol. The molecule has 118 valence electrons. The summed E-state index contributed by atoms with van der Waals surface area (Å²) < 4.78 is 0. The van der Waals surface area contributed by atoms with Gasteiger partial charge in [0.05, 0.1) is 0 Å². The highest BCUT2D eigenvalue weighted by Gasteiger charge is 2.21. The Balaban J connectivity index is 1.94. The monoisotopic (exact) mass is 288 g/mol. The lowest BCUT2D eigenvalue weighted by atomic mass is 10.0. The van der Waals surface area contributed by atoms with Gasteiger partial charge < -0.3 is 5.32 Å². The Hall–Kier alpha value is -0.860. The van der Waals surface area contributed by atoms with Crippen LogP contribution in [0.4, 0.5) is 0 Å². The van der Waals surface area contributed by atoms with Crippen LogP contribution in [-0.4, -0.2) is 30.6 Å². The molecule has 1 aromatic rings. The van der Waals surface area contributed by atoms with Crippen molar-refractivity contribution in [1.29, 1.82) is 0 Å². The summed E-state index contributed by atoms with van der Waals surface area (Å²) in [6.07, 6.45) is 8.00. The maximum Gasteiger partial charge on any atom is 0.0239 e. The van der Waals surface area contributed by atoms with Gasteiger partial charge in [-0.2, -0.15) is 0 Å². The van der Waals surface area contributed by atoms with E-state index in [1.54, 1.807) is 0 Å². The summed E-state index contributed by atoms with van der Waals surface area (Å²) in [6.45, 7) is 9.06. The van der Waals surface area contributed by atoms with Crippen molar-refractivity contribution in [1.82, 2.24) is 10.2 Å². The topological polar surface area (TPSA) is 15.3 Å². The van der Waals surface area contributed by atoms with Crippen LogP contribution < -0.4 is 5.32 Å². The molecule has 1 N–H and O–H groups in total. The molecule has 2 nitrogen and oxygen atoms in total. The van der Waals surface area contributed by atoms with E-state index in [-0.39, 0.29) is 0 Å². The number of nitrogens with one attached hydrogen (secondary N) is 1. The molecule has 0 amide bonds. The van der Waals surface area contributed by atoms with Crippen LogP contribution in [0.15, 0.2) is 24.3 Å². The van der Waals surface area contributed by atoms with Gasteiger partial charge in [0, 0.05) is 12.6 Å². The van der Waals surface area contributed by atoms with Crippen molar-refractivity contribution in [2.75, 3.05) is 19.6 Å². The molecule has 0 unspecified atom stereocenters. The van der Waals surface area contributed by atoms with Gasteiger partial charge in [0.1, 0.15) is 0 Å². The van der Waals surface area contributed by atoms with Crippen LogP contribution in [0.1, 0.15) is 57.1 Å². The molecule has 2 rings (SSSR count). The Morgan fingerprint density at radius 2 is 1.76 bits per heavy atom. The fourth-order valence-corrected chi connectivity index (χ4v) is 3.47. The van der Waals surface area contributed by atoms with Gasteiger partial charge in [-0.25, -0.2) is 0 Å². The first-order valence-electron chi connectivity index (χ1n) is 8.86. The van der Waals surface area contributed by atoms with Crippen molar-refractivity contribution in [2.24, 2.45) is 0 Å². The lowest BCUT2D eigenvalue weighted by Crippen LogP contribution is -2.33. The smallest absolute Gasteiger partial charge is 0.0239 e. The van der Waals surface area contributed by atoms with Gasteiger partial charge in [-0.3, -0.25) is 4.90 Å². The Labute approximate surface area is 130 Å². The molecule has 1 saturated carbocycles. The summed E-state index contributed by atoms with van der Waals surface area (Å²) in [6, 6.07) is 9.84. The maximum atomic E-state index is 3.52. The summed E-state index contributed by atoms with van der Waals surface area (Å²) >= 11 is 0. The second-order valence-corrected chi connectivity index (χ2v) is 6.27. The molecule has 1 aliphatic rings. The molecule has 0 radical (unpaired) electrons. The minimum absolute atomic E-state index is 0.821. The molecule has 0 atom stereocenters. The molecule has 0 saturated heterocycles. The lowest BCUT2D eigenvalue weighted by molar-refractivity contribution is 0.200. The molecule has 2 heteroatoms. The third kappa shape index (κ3) is 5.12. The standard InChI is InChI=1S/C19H32N2/c1-3-14-20-15-13-17-9-5-6-10-18(17)16-21(4-2)19-11-7-8-12-19/h5-6,9-10,19-20H,3-4,7-8,11-16H2,1-2H3. The largest absolute Gasteiger partial charge is 0.316 e. The summed E-state index contributed by atoms with van der Waals surface area (Å²) in [7, 11) is 0. The van der Waals surface area contributed by atoms with Crippen molar-refractivity contribution in [2.45, 2.75) is 65.0 Å². The van der Waals surface area contributed by atoms with Crippen LogP contribution in [0.25, 0.3) is 0 Å². The van der Waals surface area contributed by atoms with Crippen molar-refractivity contribution >= 4 is 0 Å². The van der Waals surface area contributed by atoms with E-state index in [9.17, 15) is 0 Å². The van der Waals surface area contributed by atoms with Gasteiger partial charge in [0.2, 0.25) is 0 Å². The fraction of sp³-hybridized carbons (Fsp3) is 0.684. The van der Waals surface area contributed by atoms with E-state index in [0.29, 0.717) is 0 Å². The zero-order valence-corrected chi connectivity index (χ0v) is 13.9. The molecule has 0 aliphatic heterocycles. The van der Waals surface area contributed by atoms with Gasteiger partial charge in [0.15, 0.2) is 0 Å². The molecular weight excluding hydrogens is 256 g/mol. The van der Waals surface area contributed by atoms with Crippen LogP contribution in [0.2, 0.25) is 0 Å². The van der Waals surface area contributed by atoms with Crippen LogP contribution >= 0.6 is 0 Å². The summed E-state index contributed by atoms with van der Waals surface area (Å²) in [5, 5.41) is 3.52. The predicted octanol–water partition coefficient (Wildman–Crippen LogP) is 3.99. The molecule has 21 heavy (non-hydrogen) atoms. The molecule has 1 aromatic carbocycles. The SMILES string of the molecule is CCCNCCc1ccccc1CN(CC)C1CCCC1. The van der Waals surface area contributed by atoms with Gasteiger partial charge in [-0.05, 0) is 56.4 Å². The Morgan fingerprint density at radius 1 is 1.05 bits per heavy atom. The van der Waals surface area contributed by atoms with E-state index in [1.807, 2.05) is 0 Å². The maximum absolute atomic E-state index is 3.52. The van der Waals surface area contributed by atoms with E-state index in [2.05, 4.69) is 48.3 Å². The molecule has 1 aliphatic carbocycles. The molecule has 0 spiro atoms. The zero-order chi connectivity index (χ0) is 14.9. The van der Waals surface area contributed by atoms with Crippen LogP contribution in [0.3, 0.4) is 0 Å². The quantitative estimate of drug-likeness (QED) is 0.691. The summed E-state index contributed by atoms with van der Waals surface area (Å²) in [5.41, 5.74) is 3.06. The Kier molecular flexibility index (Phi) is 7.25. The van der Waals surface area contributed by atoms with Crippen LogP contribution in [0, 0.1) is 0 Å². The summed E-state index contributed by atoms with van der Waals surface area (Å²) in [4.78, 5) is 2.69. The minimum Gasteiger partial charge on any atom is -0.316 e. The lowest BCUT2D eigenvalue weighted by Gasteiger charge is -2.28. The number of nitrogens with zero attached hydrogens (tertiary/aromatic N) is 1. The van der Waals surface area contributed by atoms with Gasteiger partial charge in [0.25, 0.3) is 0 Å². The molecule has 0 bridgehead atoms. The van der Waals surface area contributed by atoms with Crippen molar-refractivity contribution in [3.63, 3.8) is 0 Å². The third-order valence-electron chi connectivity index (χ3n) is 4.74. The Morgan fingerprint density at radius 3 is 2.43 bits per heavy atom. The Bertz CT molecular complexity index is 396. The first-order valence-corrected chi connectivity index (χ1v) is 8.86.